The number of hydrogen-bond acceptors (Lipinski definition) is 3. The molecule has 0 saturated carbocycles. The van der Waals surface area contributed by atoms with Crippen LogP contribution in [0.1, 0.15) is 37.0 Å². The van der Waals surface area contributed by atoms with Crippen molar-refractivity contribution in [1.29, 1.82) is 0 Å². The van der Waals surface area contributed by atoms with E-state index in [2.05, 4.69) is 0 Å². The van der Waals surface area contributed by atoms with Crippen LogP contribution in [0.3, 0.4) is 0 Å². The summed E-state index contributed by atoms with van der Waals surface area (Å²) in [6, 6.07) is 6.35. The number of carboxylic acids is 1. The van der Waals surface area contributed by atoms with Gasteiger partial charge in [-0.25, -0.2) is 4.79 Å². The SMILES string of the molecule is CC(C)CC(=O)N1CC[C@@H](Oc2ccc(C(=O)O)cc2)C1. The molecule has 21 heavy (non-hydrogen) atoms. The Balaban J connectivity index is 1.87. The van der Waals surface area contributed by atoms with Crippen LogP contribution in [0, 0.1) is 5.92 Å². The summed E-state index contributed by atoms with van der Waals surface area (Å²) in [5.74, 6) is 0.231. The molecule has 1 atom stereocenters. The Morgan fingerprint density at radius 2 is 2.00 bits per heavy atom. The molecule has 0 aromatic heterocycles. The molecule has 1 fully saturated rings. The lowest BCUT2D eigenvalue weighted by molar-refractivity contribution is -0.131. The fourth-order valence-electron chi connectivity index (χ4n) is 2.40. The first kappa shape index (κ1) is 15.4. The molecule has 5 heteroatoms. The summed E-state index contributed by atoms with van der Waals surface area (Å²) in [4.78, 5) is 24.6. The number of carbonyl (C=O) groups is 2. The summed E-state index contributed by atoms with van der Waals surface area (Å²) in [6.45, 7) is 5.40. The number of ether oxygens (including phenoxy) is 1. The Labute approximate surface area is 124 Å². The van der Waals surface area contributed by atoms with E-state index in [-0.39, 0.29) is 17.6 Å². The third kappa shape index (κ3) is 4.21. The van der Waals surface area contributed by atoms with Crippen LogP contribution in [0.4, 0.5) is 0 Å². The van der Waals surface area contributed by atoms with Gasteiger partial charge >= 0.3 is 5.97 Å². The predicted molar refractivity (Wildman–Crippen MR) is 78.5 cm³/mol. The molecule has 0 aliphatic carbocycles. The van der Waals surface area contributed by atoms with E-state index in [1.54, 1.807) is 12.1 Å². The Bertz CT molecular complexity index is 510. The molecule has 1 amide bonds. The maximum atomic E-state index is 12.0. The molecule has 2 rings (SSSR count). The minimum Gasteiger partial charge on any atom is -0.489 e. The number of hydrogen-bond donors (Lipinski definition) is 1. The highest BCUT2D eigenvalue weighted by molar-refractivity contribution is 5.87. The number of aromatic carboxylic acids is 1. The summed E-state index contributed by atoms with van der Waals surface area (Å²) in [5, 5.41) is 8.84. The van der Waals surface area contributed by atoms with Gasteiger partial charge in [-0.05, 0) is 30.2 Å². The molecule has 0 radical (unpaired) electrons. The molecule has 1 aromatic carbocycles. The number of nitrogens with zero attached hydrogens (tertiary/aromatic N) is 1. The number of carbonyl (C=O) groups excluding carboxylic acids is 1. The summed E-state index contributed by atoms with van der Waals surface area (Å²) < 4.78 is 5.81. The van der Waals surface area contributed by atoms with E-state index in [0.717, 1.165) is 13.0 Å². The zero-order valence-corrected chi connectivity index (χ0v) is 12.4. The molecule has 1 aliphatic rings. The average Bonchev–Trinajstić information content (AvgIpc) is 2.87. The van der Waals surface area contributed by atoms with Crippen molar-refractivity contribution in [3.05, 3.63) is 29.8 Å². The number of carboxylic acid groups (broad SMARTS) is 1. The molecule has 5 nitrogen and oxygen atoms in total. The summed E-state index contributed by atoms with van der Waals surface area (Å²) >= 11 is 0. The topological polar surface area (TPSA) is 66.8 Å². The van der Waals surface area contributed by atoms with Gasteiger partial charge in [-0.3, -0.25) is 4.79 Å². The fourth-order valence-corrected chi connectivity index (χ4v) is 2.40. The van der Waals surface area contributed by atoms with Crippen LogP contribution >= 0.6 is 0 Å². The van der Waals surface area contributed by atoms with E-state index in [1.807, 2.05) is 18.7 Å². The van der Waals surface area contributed by atoms with E-state index < -0.39 is 5.97 Å². The monoisotopic (exact) mass is 291 g/mol. The standard InChI is InChI=1S/C16H21NO4/c1-11(2)9-15(18)17-8-7-14(10-17)21-13-5-3-12(4-6-13)16(19)20/h3-6,11,14H,7-10H2,1-2H3,(H,19,20)/t14-/m1/s1. The summed E-state index contributed by atoms with van der Waals surface area (Å²) in [5.41, 5.74) is 0.238. The highest BCUT2D eigenvalue weighted by atomic mass is 16.5. The second-order valence-electron chi connectivity index (χ2n) is 5.80. The van der Waals surface area contributed by atoms with Crippen molar-refractivity contribution in [1.82, 2.24) is 4.90 Å². The molecular weight excluding hydrogens is 270 g/mol. The summed E-state index contributed by atoms with van der Waals surface area (Å²) in [7, 11) is 0. The molecule has 114 valence electrons. The molecule has 1 aromatic rings. The van der Waals surface area contributed by atoms with E-state index in [9.17, 15) is 9.59 Å². The van der Waals surface area contributed by atoms with Gasteiger partial charge in [0.1, 0.15) is 11.9 Å². The van der Waals surface area contributed by atoms with Crippen molar-refractivity contribution in [3.8, 4) is 5.75 Å². The Morgan fingerprint density at radius 3 is 2.57 bits per heavy atom. The van der Waals surface area contributed by atoms with Gasteiger partial charge < -0.3 is 14.7 Å². The van der Waals surface area contributed by atoms with Crippen molar-refractivity contribution in [2.75, 3.05) is 13.1 Å². The zero-order valence-electron chi connectivity index (χ0n) is 12.4. The second kappa shape index (κ2) is 6.61. The minimum absolute atomic E-state index is 0.0169. The van der Waals surface area contributed by atoms with Crippen molar-refractivity contribution in [3.63, 3.8) is 0 Å². The van der Waals surface area contributed by atoms with Crippen LogP contribution in [-0.2, 0) is 4.79 Å². The van der Waals surface area contributed by atoms with Crippen LogP contribution in [0.25, 0.3) is 0 Å². The van der Waals surface area contributed by atoms with Crippen molar-refractivity contribution in [2.45, 2.75) is 32.8 Å². The molecule has 1 heterocycles. The smallest absolute Gasteiger partial charge is 0.335 e. The van der Waals surface area contributed by atoms with Gasteiger partial charge in [0.2, 0.25) is 5.91 Å². The van der Waals surface area contributed by atoms with Gasteiger partial charge in [-0.1, -0.05) is 13.8 Å². The third-order valence-electron chi connectivity index (χ3n) is 3.48. The fraction of sp³-hybridized carbons (Fsp3) is 0.500. The first-order chi connectivity index (χ1) is 9.95. The van der Waals surface area contributed by atoms with Crippen LogP contribution in [0.5, 0.6) is 5.75 Å². The third-order valence-corrected chi connectivity index (χ3v) is 3.48. The lowest BCUT2D eigenvalue weighted by Gasteiger charge is -2.18. The molecular formula is C16H21NO4. The van der Waals surface area contributed by atoms with E-state index in [1.165, 1.54) is 12.1 Å². The average molecular weight is 291 g/mol. The van der Waals surface area contributed by atoms with Crippen LogP contribution in [0.2, 0.25) is 0 Å². The predicted octanol–water partition coefficient (Wildman–Crippen LogP) is 2.41. The van der Waals surface area contributed by atoms with E-state index >= 15 is 0 Å². The first-order valence-electron chi connectivity index (χ1n) is 7.23. The number of amides is 1. The van der Waals surface area contributed by atoms with Crippen LogP contribution < -0.4 is 4.74 Å². The molecule has 1 saturated heterocycles. The molecule has 0 unspecified atom stereocenters. The second-order valence-corrected chi connectivity index (χ2v) is 5.80. The van der Waals surface area contributed by atoms with Crippen LogP contribution in [0.15, 0.2) is 24.3 Å². The number of likely N-dealkylation sites (tertiary alicyclic amines) is 1. The quantitative estimate of drug-likeness (QED) is 0.904. The van der Waals surface area contributed by atoms with Crippen LogP contribution in [-0.4, -0.2) is 41.1 Å². The Morgan fingerprint density at radius 1 is 1.33 bits per heavy atom. The highest BCUT2D eigenvalue weighted by Crippen LogP contribution is 2.20. The van der Waals surface area contributed by atoms with Crippen molar-refractivity contribution in [2.24, 2.45) is 5.92 Å². The van der Waals surface area contributed by atoms with Gasteiger partial charge in [-0.15, -0.1) is 0 Å². The largest absolute Gasteiger partial charge is 0.489 e. The molecule has 1 N–H and O–H groups in total. The van der Waals surface area contributed by atoms with Gasteiger partial charge in [0, 0.05) is 19.4 Å². The zero-order chi connectivity index (χ0) is 15.4. The summed E-state index contributed by atoms with van der Waals surface area (Å²) in [6.07, 6.45) is 1.36. The van der Waals surface area contributed by atoms with Gasteiger partial charge in [0.25, 0.3) is 0 Å². The van der Waals surface area contributed by atoms with Gasteiger partial charge in [0.05, 0.1) is 12.1 Å². The van der Waals surface area contributed by atoms with E-state index in [0.29, 0.717) is 24.6 Å². The normalized spacial score (nSPS) is 18.0. The minimum atomic E-state index is -0.951. The number of benzene rings is 1. The van der Waals surface area contributed by atoms with Gasteiger partial charge in [-0.2, -0.15) is 0 Å². The molecule has 1 aliphatic heterocycles. The van der Waals surface area contributed by atoms with Crippen molar-refractivity contribution < 1.29 is 19.4 Å². The number of rotatable bonds is 5. The van der Waals surface area contributed by atoms with E-state index in [4.69, 9.17) is 9.84 Å². The molecule has 0 bridgehead atoms. The lowest BCUT2D eigenvalue weighted by atomic mass is 10.1. The first-order valence-corrected chi connectivity index (χ1v) is 7.23. The lowest BCUT2D eigenvalue weighted by Crippen LogP contribution is -2.31. The maximum Gasteiger partial charge on any atom is 0.335 e. The molecule has 0 spiro atoms. The maximum absolute atomic E-state index is 12.0. The van der Waals surface area contributed by atoms with Gasteiger partial charge in [0.15, 0.2) is 0 Å². The Hall–Kier alpha value is -2.04. The Kier molecular flexibility index (Phi) is 4.83. The van der Waals surface area contributed by atoms with Crippen molar-refractivity contribution >= 4 is 11.9 Å². The highest BCUT2D eigenvalue weighted by Gasteiger charge is 2.27.